The summed E-state index contributed by atoms with van der Waals surface area (Å²) in [6.07, 6.45) is -7.02. The van der Waals surface area contributed by atoms with Gasteiger partial charge in [0.15, 0.2) is 9.84 Å². The van der Waals surface area contributed by atoms with Crippen LogP contribution in [0.15, 0.2) is 95.9 Å². The van der Waals surface area contributed by atoms with Gasteiger partial charge in [0.05, 0.1) is 10.3 Å². The molecule has 5 rings (SSSR count). The van der Waals surface area contributed by atoms with Gasteiger partial charge in [-0.05, 0) is 64.4 Å². The van der Waals surface area contributed by atoms with Gasteiger partial charge in [0, 0.05) is 11.8 Å². The predicted molar refractivity (Wildman–Crippen MR) is 159 cm³/mol. The molecule has 4 aromatic carbocycles. The number of halogens is 5. The fourth-order valence-corrected chi connectivity index (χ4v) is 5.40. The van der Waals surface area contributed by atoms with Crippen LogP contribution in [0.5, 0.6) is 0 Å². The SMILES string of the molecule is CS(=O)(=O)c1ccc(-c2ccc(C(O)C(F)F)cc2)cc1.NC(=O)C1(c2ccc(-c3ccc(C(O)C(F)F)cc3)c(F)c2)CC1. The lowest BCUT2D eigenvalue weighted by molar-refractivity contribution is -0.120. The number of rotatable bonds is 9. The monoisotopic (exact) mass is 647 g/mol. The summed E-state index contributed by atoms with van der Waals surface area (Å²) in [6, 6.07) is 22.5. The molecule has 4 aromatic rings. The molecule has 1 saturated carbocycles. The van der Waals surface area contributed by atoms with E-state index in [-0.39, 0.29) is 21.6 Å². The van der Waals surface area contributed by atoms with E-state index in [4.69, 9.17) is 5.73 Å². The largest absolute Gasteiger partial charge is 0.382 e. The molecule has 6 nitrogen and oxygen atoms in total. The number of hydrogen-bond donors (Lipinski definition) is 3. The molecule has 0 saturated heterocycles. The maximum atomic E-state index is 14.4. The van der Waals surface area contributed by atoms with Crippen molar-refractivity contribution in [2.24, 2.45) is 5.73 Å². The summed E-state index contributed by atoms with van der Waals surface area (Å²) in [4.78, 5) is 11.7. The summed E-state index contributed by atoms with van der Waals surface area (Å²) in [5.74, 6) is -0.970. The molecule has 0 radical (unpaired) electrons. The minimum atomic E-state index is -3.25. The van der Waals surface area contributed by atoms with Crippen LogP contribution in [0.4, 0.5) is 22.0 Å². The fourth-order valence-electron chi connectivity index (χ4n) is 4.77. The molecule has 2 atom stereocenters. The highest BCUT2D eigenvalue weighted by atomic mass is 32.2. The summed E-state index contributed by atoms with van der Waals surface area (Å²) in [7, 11) is -3.25. The van der Waals surface area contributed by atoms with Gasteiger partial charge in [-0.3, -0.25) is 4.79 Å². The highest BCUT2D eigenvalue weighted by molar-refractivity contribution is 7.90. The first kappa shape index (κ1) is 33.8. The Kier molecular flexibility index (Phi) is 10.1. The number of primary amides is 1. The van der Waals surface area contributed by atoms with Gasteiger partial charge < -0.3 is 15.9 Å². The third-order valence-corrected chi connectivity index (χ3v) is 8.78. The molecule has 4 N–H and O–H groups in total. The number of hydrogen-bond acceptors (Lipinski definition) is 5. The van der Waals surface area contributed by atoms with E-state index in [1.54, 1.807) is 36.4 Å². The van der Waals surface area contributed by atoms with Crippen LogP contribution in [0, 0.1) is 5.82 Å². The Morgan fingerprint density at radius 3 is 1.51 bits per heavy atom. The molecule has 1 fully saturated rings. The molecule has 0 spiro atoms. The predicted octanol–water partition coefficient (Wildman–Crippen LogP) is 6.36. The molecule has 238 valence electrons. The molecule has 0 bridgehead atoms. The van der Waals surface area contributed by atoms with E-state index < -0.39 is 52.0 Å². The van der Waals surface area contributed by atoms with Crippen LogP contribution in [0.3, 0.4) is 0 Å². The normalized spacial score (nSPS) is 15.2. The zero-order valence-electron chi connectivity index (χ0n) is 23.9. The van der Waals surface area contributed by atoms with Gasteiger partial charge in [-0.25, -0.2) is 30.4 Å². The second kappa shape index (κ2) is 13.5. The first-order chi connectivity index (χ1) is 21.1. The van der Waals surface area contributed by atoms with Crippen molar-refractivity contribution in [1.29, 1.82) is 0 Å². The first-order valence-corrected chi connectivity index (χ1v) is 15.6. The van der Waals surface area contributed by atoms with Gasteiger partial charge in [-0.1, -0.05) is 72.8 Å². The Morgan fingerprint density at radius 1 is 0.733 bits per heavy atom. The lowest BCUT2D eigenvalue weighted by Crippen LogP contribution is -2.28. The maximum Gasteiger partial charge on any atom is 0.268 e. The Labute approximate surface area is 256 Å². The second-order valence-electron chi connectivity index (χ2n) is 10.7. The van der Waals surface area contributed by atoms with Gasteiger partial charge in [0.25, 0.3) is 12.9 Å². The van der Waals surface area contributed by atoms with Crippen LogP contribution in [0.25, 0.3) is 22.3 Å². The summed E-state index contributed by atoms with van der Waals surface area (Å²) in [5, 5.41) is 18.6. The topological polar surface area (TPSA) is 118 Å². The van der Waals surface area contributed by atoms with Gasteiger partial charge in [0.1, 0.15) is 18.0 Å². The zero-order valence-corrected chi connectivity index (χ0v) is 24.7. The Balaban J connectivity index is 0.000000207. The van der Waals surface area contributed by atoms with Crippen LogP contribution < -0.4 is 5.73 Å². The quantitative estimate of drug-likeness (QED) is 0.183. The van der Waals surface area contributed by atoms with E-state index >= 15 is 0 Å². The number of alkyl halides is 4. The number of aliphatic hydroxyl groups excluding tert-OH is 2. The molecule has 12 heteroatoms. The number of carbonyl (C=O) groups is 1. The van der Waals surface area contributed by atoms with Crippen LogP contribution in [0.1, 0.15) is 41.7 Å². The molecule has 0 aromatic heterocycles. The Hall–Kier alpha value is -4.13. The Morgan fingerprint density at radius 2 is 1.16 bits per heavy atom. The van der Waals surface area contributed by atoms with Crippen molar-refractivity contribution in [3.63, 3.8) is 0 Å². The highest BCUT2D eigenvalue weighted by Gasteiger charge is 2.50. The van der Waals surface area contributed by atoms with E-state index in [0.29, 0.717) is 24.0 Å². The van der Waals surface area contributed by atoms with E-state index in [1.165, 1.54) is 54.6 Å². The summed E-state index contributed by atoms with van der Waals surface area (Å²) < 4.78 is 86.9. The summed E-state index contributed by atoms with van der Waals surface area (Å²) >= 11 is 0. The minimum Gasteiger partial charge on any atom is -0.382 e. The molecule has 2 unspecified atom stereocenters. The van der Waals surface area contributed by atoms with Gasteiger partial charge in [-0.2, -0.15) is 0 Å². The highest BCUT2D eigenvalue weighted by Crippen LogP contribution is 2.48. The van der Waals surface area contributed by atoms with Gasteiger partial charge in [0.2, 0.25) is 5.91 Å². The summed E-state index contributed by atoms with van der Waals surface area (Å²) in [5.41, 5.74) is 7.69. The van der Waals surface area contributed by atoms with Crippen molar-refractivity contribution in [3.8, 4) is 22.3 Å². The smallest absolute Gasteiger partial charge is 0.268 e. The number of aliphatic hydroxyl groups is 2. The van der Waals surface area contributed by atoms with Crippen LogP contribution in [-0.4, -0.2) is 43.6 Å². The van der Waals surface area contributed by atoms with Crippen LogP contribution >= 0.6 is 0 Å². The third kappa shape index (κ3) is 7.75. The molecule has 0 heterocycles. The van der Waals surface area contributed by atoms with Crippen LogP contribution in [0.2, 0.25) is 0 Å². The molecule has 1 amide bonds. The third-order valence-electron chi connectivity index (χ3n) is 7.65. The van der Waals surface area contributed by atoms with E-state index in [9.17, 15) is 45.4 Å². The van der Waals surface area contributed by atoms with Crippen molar-refractivity contribution >= 4 is 15.7 Å². The summed E-state index contributed by atoms with van der Waals surface area (Å²) in [6.45, 7) is 0. The van der Waals surface area contributed by atoms with Gasteiger partial charge in [-0.15, -0.1) is 0 Å². The van der Waals surface area contributed by atoms with Crippen LogP contribution in [-0.2, 0) is 20.0 Å². The Bertz CT molecular complexity index is 1740. The molecule has 1 aliphatic rings. The lowest BCUT2D eigenvalue weighted by Gasteiger charge is -2.14. The zero-order chi connectivity index (χ0) is 33.1. The lowest BCUT2D eigenvalue weighted by atomic mass is 9.92. The average Bonchev–Trinajstić information content (AvgIpc) is 3.83. The molecular formula is C33H30F5NO5S. The minimum absolute atomic E-state index is 0.0661. The number of amides is 1. The average molecular weight is 648 g/mol. The standard InChI is InChI=1S/C18H16F3NO2.C15H14F2O3S/c19-14-9-12(18(7-8-18)17(22)24)5-6-13(14)10-1-3-11(4-2-10)15(23)16(20)21;1-21(19,20)13-8-6-11(7-9-13)10-2-4-12(5-3-10)14(18)15(16)17/h1-6,9,15-16,23H,7-8H2,(H2,22,24);2-9,14-15,18H,1H3. The molecular weight excluding hydrogens is 617 g/mol. The number of carbonyl (C=O) groups excluding carboxylic acids is 1. The van der Waals surface area contributed by atoms with Crippen molar-refractivity contribution in [3.05, 3.63) is 114 Å². The molecule has 0 aliphatic heterocycles. The fraction of sp³-hybridized carbons (Fsp3) is 0.242. The van der Waals surface area contributed by atoms with E-state index in [0.717, 1.165) is 17.4 Å². The van der Waals surface area contributed by atoms with Gasteiger partial charge >= 0.3 is 0 Å². The maximum absolute atomic E-state index is 14.4. The van der Waals surface area contributed by atoms with Crippen molar-refractivity contribution in [2.45, 2.75) is 48.2 Å². The number of benzene rings is 4. The van der Waals surface area contributed by atoms with E-state index in [2.05, 4.69) is 0 Å². The number of sulfone groups is 1. The molecule has 45 heavy (non-hydrogen) atoms. The number of nitrogens with two attached hydrogens (primary N) is 1. The second-order valence-corrected chi connectivity index (χ2v) is 12.8. The van der Waals surface area contributed by atoms with E-state index in [1.807, 2.05) is 0 Å². The molecule has 1 aliphatic carbocycles. The van der Waals surface area contributed by atoms with Crippen molar-refractivity contribution < 1.29 is 45.4 Å². The first-order valence-electron chi connectivity index (χ1n) is 13.7. The van der Waals surface area contributed by atoms with Crippen molar-refractivity contribution in [1.82, 2.24) is 0 Å². The van der Waals surface area contributed by atoms with Crippen molar-refractivity contribution in [2.75, 3.05) is 6.26 Å².